The van der Waals surface area contributed by atoms with Crippen molar-refractivity contribution in [3.63, 3.8) is 0 Å². The van der Waals surface area contributed by atoms with Crippen LogP contribution in [0.15, 0.2) is 12.1 Å². The first-order valence-corrected chi connectivity index (χ1v) is 11.4. The van der Waals surface area contributed by atoms with E-state index in [1.165, 1.54) is 31.1 Å². The summed E-state index contributed by atoms with van der Waals surface area (Å²) in [6, 6.07) is 1.03. The molecule has 10 nitrogen and oxygen atoms in total. The lowest BCUT2D eigenvalue weighted by Gasteiger charge is -2.52. The number of primary amides is 1. The summed E-state index contributed by atoms with van der Waals surface area (Å²) >= 11 is 0. The van der Waals surface area contributed by atoms with E-state index in [1.807, 2.05) is 0 Å². The molecule has 1 aromatic carbocycles. The number of carbonyl (C=O) groups is 5. The molecule has 2 saturated carbocycles. The van der Waals surface area contributed by atoms with Crippen LogP contribution >= 0.6 is 0 Å². The van der Waals surface area contributed by atoms with Gasteiger partial charge in [0.1, 0.15) is 12.4 Å². The molecule has 188 valence electrons. The molecule has 4 rings (SSSR count). The molecule has 0 saturated heterocycles. The molecule has 0 spiro atoms. The summed E-state index contributed by atoms with van der Waals surface area (Å²) in [6.45, 7) is 0.923. The molecule has 2 fully saturated rings. The number of anilines is 1. The van der Waals surface area contributed by atoms with Crippen LogP contribution in [0.1, 0.15) is 29.3 Å². The van der Waals surface area contributed by atoms with E-state index in [0.717, 1.165) is 0 Å². The number of nitrogens with two attached hydrogens (primary N) is 1. The Bertz CT molecular complexity index is 1150. The zero-order valence-electron chi connectivity index (χ0n) is 19.6. The van der Waals surface area contributed by atoms with Gasteiger partial charge in [-0.3, -0.25) is 28.9 Å². The van der Waals surface area contributed by atoms with E-state index >= 15 is 0 Å². The molecule has 5 N–H and O–H groups in total. The van der Waals surface area contributed by atoms with Crippen LogP contribution in [-0.2, 0) is 25.6 Å². The van der Waals surface area contributed by atoms with Gasteiger partial charge in [0.2, 0.25) is 5.91 Å². The molecule has 0 aliphatic heterocycles. The number of aliphatic hydroxyl groups is 1. The maximum Gasteiger partial charge on any atom is 0.235 e. The van der Waals surface area contributed by atoms with Crippen molar-refractivity contribution in [1.29, 1.82) is 0 Å². The number of halogens is 1. The fourth-order valence-corrected chi connectivity index (χ4v) is 6.04. The highest BCUT2D eigenvalue weighted by atomic mass is 19.1. The van der Waals surface area contributed by atoms with Crippen molar-refractivity contribution >= 4 is 34.7 Å². The number of nitrogens with one attached hydrogen (secondary N) is 1. The van der Waals surface area contributed by atoms with Crippen molar-refractivity contribution in [3.05, 3.63) is 23.3 Å². The fourth-order valence-electron chi connectivity index (χ4n) is 6.04. The maximum absolute atomic E-state index is 13.7. The van der Waals surface area contributed by atoms with Crippen molar-refractivity contribution in [1.82, 2.24) is 4.90 Å². The van der Waals surface area contributed by atoms with E-state index in [-0.39, 0.29) is 24.2 Å². The van der Waals surface area contributed by atoms with E-state index in [0.29, 0.717) is 11.3 Å². The van der Waals surface area contributed by atoms with Crippen molar-refractivity contribution < 1.29 is 38.6 Å². The van der Waals surface area contributed by atoms with E-state index in [9.17, 15) is 38.6 Å². The topological polar surface area (TPSA) is 167 Å². The third kappa shape index (κ3) is 3.48. The molecule has 11 heteroatoms. The number of aromatic hydroxyl groups is 1. The minimum absolute atomic E-state index is 0.0440. The highest BCUT2D eigenvalue weighted by Crippen LogP contribution is 2.51. The number of amides is 1. The number of hydrogen-bond donors (Lipinski definition) is 4. The Balaban J connectivity index is 1.85. The second-order valence-corrected chi connectivity index (χ2v) is 9.97. The zero-order valence-corrected chi connectivity index (χ0v) is 19.6. The van der Waals surface area contributed by atoms with E-state index in [4.69, 9.17) is 5.73 Å². The van der Waals surface area contributed by atoms with Gasteiger partial charge in [-0.25, -0.2) is 4.39 Å². The molecule has 3 aliphatic rings. The average molecular weight is 490 g/mol. The quantitative estimate of drug-likeness (QED) is 0.319. The predicted molar refractivity (Wildman–Crippen MR) is 120 cm³/mol. The fraction of sp³-hybridized carbons (Fsp3) is 0.542. The summed E-state index contributed by atoms with van der Waals surface area (Å²) in [7, 11) is 3.04. The van der Waals surface area contributed by atoms with E-state index < -0.39 is 77.1 Å². The average Bonchev–Trinajstić information content (AvgIpc) is 2.77. The van der Waals surface area contributed by atoms with Gasteiger partial charge in [-0.05, 0) is 57.5 Å². The van der Waals surface area contributed by atoms with Gasteiger partial charge < -0.3 is 21.3 Å². The van der Waals surface area contributed by atoms with Gasteiger partial charge in [0.15, 0.2) is 34.7 Å². The minimum atomic E-state index is -2.76. The first-order chi connectivity index (χ1) is 16.4. The number of likely N-dealkylation sites (N-methyl/N-ethyl adjacent to an activating group) is 1. The number of benzene rings is 1. The third-order valence-electron chi connectivity index (χ3n) is 7.58. The third-order valence-corrected chi connectivity index (χ3v) is 7.58. The van der Waals surface area contributed by atoms with Crippen molar-refractivity contribution in [3.8, 4) is 5.75 Å². The van der Waals surface area contributed by atoms with Gasteiger partial charge in [-0.2, -0.15) is 0 Å². The van der Waals surface area contributed by atoms with Gasteiger partial charge in [0.25, 0.3) is 0 Å². The van der Waals surface area contributed by atoms with Crippen molar-refractivity contribution in [2.24, 2.45) is 29.4 Å². The van der Waals surface area contributed by atoms with Crippen LogP contribution in [0.25, 0.3) is 0 Å². The summed E-state index contributed by atoms with van der Waals surface area (Å²) in [6.07, 6.45) is 0.0687. The van der Waals surface area contributed by atoms with Crippen LogP contribution in [0, 0.1) is 23.7 Å². The van der Waals surface area contributed by atoms with Crippen LogP contribution in [0.4, 0.5) is 10.1 Å². The second-order valence-electron chi connectivity index (χ2n) is 9.97. The number of fused-ring (bicyclic) bond motifs is 3. The summed E-state index contributed by atoms with van der Waals surface area (Å²) in [4.78, 5) is 66.9. The number of rotatable bonds is 5. The van der Waals surface area contributed by atoms with Crippen molar-refractivity contribution in [2.45, 2.75) is 37.5 Å². The largest absolute Gasteiger partial charge is 0.507 e. The zero-order chi connectivity index (χ0) is 26.0. The second kappa shape index (κ2) is 8.49. The normalized spacial score (nSPS) is 33.1. The number of phenols is 1. The molecular weight excluding hydrogens is 461 g/mol. The number of ketones is 4. The highest BCUT2D eigenvalue weighted by molar-refractivity contribution is 6.32. The van der Waals surface area contributed by atoms with E-state index in [1.54, 1.807) is 6.92 Å². The van der Waals surface area contributed by atoms with Crippen LogP contribution < -0.4 is 11.1 Å². The van der Waals surface area contributed by atoms with Crippen molar-refractivity contribution in [2.75, 3.05) is 26.1 Å². The number of alkyl halides is 1. The molecule has 1 aromatic rings. The number of carbonyl (C=O) groups excluding carboxylic acids is 5. The summed E-state index contributed by atoms with van der Waals surface area (Å²) < 4.78 is 13.1. The molecule has 3 aliphatic carbocycles. The Hall–Kier alpha value is -3.18. The minimum Gasteiger partial charge on any atom is -0.507 e. The molecule has 7 atom stereocenters. The lowest BCUT2D eigenvalue weighted by molar-refractivity contribution is -0.181. The molecule has 0 bridgehead atoms. The number of hydrogen-bond acceptors (Lipinski definition) is 9. The van der Waals surface area contributed by atoms with Crippen LogP contribution in [0.3, 0.4) is 0 Å². The monoisotopic (exact) mass is 489 g/mol. The highest BCUT2D eigenvalue weighted by Gasteiger charge is 2.69. The molecule has 0 aromatic heterocycles. The predicted octanol–water partition coefficient (Wildman–Crippen LogP) is -0.363. The lowest BCUT2D eigenvalue weighted by atomic mass is 9.52. The SMILES string of the molecule is CC(CF)Nc1ccc(O)c2c1C[C@H]1C[C@H]3C(N(C)C)C(=O)C(C(N)=O)C(=O)[C@@]3(O)C(=O)C1C2=O. The summed E-state index contributed by atoms with van der Waals surface area (Å²) in [5.41, 5.74) is 3.23. The standard InChI is InChI=1S/C24H28FN3O7/c1-9(8-25)27-13-4-5-14(29)16-11(13)6-10-7-12-18(28(2)3)20(31)17(23(26)34)22(33)24(12,35)21(32)15(10)19(16)30/h4-5,9-10,12,15,17-18,27,29,35H,6-8H2,1-3H3,(H2,26,34)/t9?,10-,12-,15?,17?,18?,24-/m0/s1. The summed E-state index contributed by atoms with van der Waals surface area (Å²) in [5, 5.41) is 24.9. The molecule has 35 heavy (non-hydrogen) atoms. The van der Waals surface area contributed by atoms with Gasteiger partial charge in [-0.15, -0.1) is 0 Å². The van der Waals surface area contributed by atoms with Gasteiger partial charge in [0, 0.05) is 11.6 Å². The Morgan fingerprint density at radius 3 is 2.49 bits per heavy atom. The first kappa shape index (κ1) is 24.9. The molecule has 4 unspecified atom stereocenters. The van der Waals surface area contributed by atoms with E-state index in [2.05, 4.69) is 5.32 Å². The first-order valence-electron chi connectivity index (χ1n) is 11.4. The van der Waals surface area contributed by atoms with Gasteiger partial charge in [0.05, 0.1) is 23.6 Å². The Kier molecular flexibility index (Phi) is 6.05. The van der Waals surface area contributed by atoms with Crippen LogP contribution in [-0.4, -0.2) is 82.6 Å². The smallest absolute Gasteiger partial charge is 0.235 e. The van der Waals surface area contributed by atoms with Gasteiger partial charge in [-0.1, -0.05) is 0 Å². The van der Waals surface area contributed by atoms with Crippen LogP contribution in [0.2, 0.25) is 0 Å². The molecule has 1 amide bonds. The lowest BCUT2D eigenvalue weighted by Crippen LogP contribution is -2.74. The Morgan fingerprint density at radius 2 is 1.91 bits per heavy atom. The molecule has 0 heterocycles. The maximum atomic E-state index is 13.7. The molecular formula is C24H28FN3O7. The Labute approximate surface area is 200 Å². The number of nitrogens with zero attached hydrogens (tertiary/aromatic N) is 1. The van der Waals surface area contributed by atoms with Gasteiger partial charge >= 0.3 is 0 Å². The van der Waals surface area contributed by atoms with Crippen LogP contribution in [0.5, 0.6) is 5.75 Å². The summed E-state index contributed by atoms with van der Waals surface area (Å²) in [5.74, 6) is -11.0. The number of phenolic OH excluding ortho intramolecular Hbond substituents is 1. The molecule has 0 radical (unpaired) electrons. The Morgan fingerprint density at radius 1 is 1.26 bits per heavy atom. The number of Topliss-reactive ketones (excluding diaryl/α,β-unsaturated/α-hetero) is 4.